The number of thiophene rings is 1. The van der Waals surface area contributed by atoms with Gasteiger partial charge in [-0.1, -0.05) is 6.92 Å². The first-order chi connectivity index (χ1) is 10.1. The lowest BCUT2D eigenvalue weighted by Crippen LogP contribution is -2.44. The van der Waals surface area contributed by atoms with Gasteiger partial charge in [-0.15, -0.1) is 0 Å². The Morgan fingerprint density at radius 1 is 1.52 bits per heavy atom. The maximum atomic E-state index is 12.8. The fraction of sp³-hybridized carbons (Fsp3) is 0.688. The fourth-order valence-corrected chi connectivity index (χ4v) is 3.86. The van der Waals surface area contributed by atoms with E-state index in [9.17, 15) is 4.79 Å². The SMILES string of the molecule is CCC1(C)NC(c2ccsc2)N(CC2CCCCO2)C1=O. The molecule has 5 heteroatoms. The monoisotopic (exact) mass is 308 g/mol. The number of ether oxygens (including phenoxy) is 1. The van der Waals surface area contributed by atoms with E-state index in [1.54, 1.807) is 11.3 Å². The second-order valence-electron chi connectivity index (χ2n) is 6.24. The summed E-state index contributed by atoms with van der Waals surface area (Å²) in [6.07, 6.45) is 4.37. The summed E-state index contributed by atoms with van der Waals surface area (Å²) in [6, 6.07) is 2.10. The fourth-order valence-electron chi connectivity index (χ4n) is 3.18. The third kappa shape index (κ3) is 2.87. The summed E-state index contributed by atoms with van der Waals surface area (Å²) >= 11 is 1.67. The van der Waals surface area contributed by atoms with Crippen molar-refractivity contribution < 1.29 is 9.53 Å². The molecule has 2 saturated heterocycles. The van der Waals surface area contributed by atoms with Crippen LogP contribution in [0.15, 0.2) is 16.8 Å². The molecule has 1 aromatic rings. The highest BCUT2D eigenvalue weighted by atomic mass is 32.1. The average molecular weight is 308 g/mol. The van der Waals surface area contributed by atoms with Gasteiger partial charge in [-0.05, 0) is 55.0 Å². The van der Waals surface area contributed by atoms with E-state index in [1.807, 2.05) is 11.8 Å². The van der Waals surface area contributed by atoms with Gasteiger partial charge in [-0.2, -0.15) is 11.3 Å². The minimum absolute atomic E-state index is 0.0146. The number of nitrogens with one attached hydrogen (secondary N) is 1. The minimum Gasteiger partial charge on any atom is -0.376 e. The Balaban J connectivity index is 1.81. The summed E-state index contributed by atoms with van der Waals surface area (Å²) in [4.78, 5) is 14.8. The van der Waals surface area contributed by atoms with Crippen LogP contribution in [0.1, 0.15) is 51.3 Å². The molecular weight excluding hydrogens is 284 g/mol. The highest BCUT2D eigenvalue weighted by Crippen LogP contribution is 2.34. The number of amides is 1. The Kier molecular flexibility index (Phi) is 4.33. The molecule has 0 bridgehead atoms. The maximum absolute atomic E-state index is 12.8. The van der Waals surface area contributed by atoms with Gasteiger partial charge in [0.2, 0.25) is 5.91 Å². The van der Waals surface area contributed by atoms with Crippen molar-refractivity contribution in [2.75, 3.05) is 13.2 Å². The zero-order chi connectivity index (χ0) is 14.9. The first-order valence-corrected chi connectivity index (χ1v) is 8.81. The van der Waals surface area contributed by atoms with Crippen LogP contribution in [0.25, 0.3) is 0 Å². The summed E-state index contributed by atoms with van der Waals surface area (Å²) in [6.45, 7) is 5.60. The molecule has 21 heavy (non-hydrogen) atoms. The Morgan fingerprint density at radius 3 is 3.00 bits per heavy atom. The van der Waals surface area contributed by atoms with Crippen molar-refractivity contribution in [2.45, 2.75) is 57.3 Å². The van der Waals surface area contributed by atoms with Crippen LogP contribution in [-0.2, 0) is 9.53 Å². The summed E-state index contributed by atoms with van der Waals surface area (Å²) in [5, 5.41) is 7.73. The van der Waals surface area contributed by atoms with Crippen LogP contribution < -0.4 is 5.32 Å². The lowest BCUT2D eigenvalue weighted by atomic mass is 9.99. The third-order valence-corrected chi connectivity index (χ3v) is 5.44. The van der Waals surface area contributed by atoms with E-state index in [-0.39, 0.29) is 18.2 Å². The first kappa shape index (κ1) is 15.0. The van der Waals surface area contributed by atoms with Crippen LogP contribution in [0.5, 0.6) is 0 Å². The van der Waals surface area contributed by atoms with Crippen LogP contribution in [0, 0.1) is 0 Å². The van der Waals surface area contributed by atoms with Crippen molar-refractivity contribution in [2.24, 2.45) is 0 Å². The largest absolute Gasteiger partial charge is 0.376 e. The molecule has 3 heterocycles. The first-order valence-electron chi connectivity index (χ1n) is 7.86. The third-order valence-electron chi connectivity index (χ3n) is 4.74. The molecule has 116 valence electrons. The molecule has 2 aliphatic heterocycles. The summed E-state index contributed by atoms with van der Waals surface area (Å²) < 4.78 is 5.84. The second-order valence-corrected chi connectivity index (χ2v) is 7.02. The van der Waals surface area contributed by atoms with Crippen molar-refractivity contribution in [1.29, 1.82) is 0 Å². The quantitative estimate of drug-likeness (QED) is 0.930. The van der Waals surface area contributed by atoms with Crippen LogP contribution in [0.3, 0.4) is 0 Å². The standard InChI is InChI=1S/C16H24N2O2S/c1-3-16(2)15(19)18(10-13-6-4-5-8-20-13)14(17-16)12-7-9-21-11-12/h7,9,11,13-14,17H,3-6,8,10H2,1-2H3. The summed E-state index contributed by atoms with van der Waals surface area (Å²) in [5.74, 6) is 0.204. The molecule has 1 N–H and O–H groups in total. The number of carbonyl (C=O) groups is 1. The Bertz CT molecular complexity index is 484. The Labute approximate surface area is 130 Å². The summed E-state index contributed by atoms with van der Waals surface area (Å²) in [5.41, 5.74) is 0.725. The second kappa shape index (κ2) is 6.07. The molecule has 0 radical (unpaired) electrons. The van der Waals surface area contributed by atoms with Gasteiger partial charge >= 0.3 is 0 Å². The smallest absolute Gasteiger partial charge is 0.244 e. The van der Waals surface area contributed by atoms with Crippen molar-refractivity contribution in [3.8, 4) is 0 Å². The van der Waals surface area contributed by atoms with E-state index >= 15 is 0 Å². The highest BCUT2D eigenvalue weighted by Gasteiger charge is 2.47. The molecule has 4 nitrogen and oxygen atoms in total. The molecule has 0 aromatic carbocycles. The van der Waals surface area contributed by atoms with Crippen LogP contribution in [0.2, 0.25) is 0 Å². The van der Waals surface area contributed by atoms with E-state index in [2.05, 4.69) is 29.1 Å². The molecule has 1 aromatic heterocycles. The van der Waals surface area contributed by atoms with Crippen LogP contribution in [-0.4, -0.2) is 35.6 Å². The highest BCUT2D eigenvalue weighted by molar-refractivity contribution is 7.07. The van der Waals surface area contributed by atoms with Gasteiger partial charge in [-0.25, -0.2) is 0 Å². The van der Waals surface area contributed by atoms with Gasteiger partial charge in [0.15, 0.2) is 0 Å². The van der Waals surface area contributed by atoms with Gasteiger partial charge in [0.25, 0.3) is 0 Å². The normalized spacial score (nSPS) is 33.6. The molecule has 0 saturated carbocycles. The topological polar surface area (TPSA) is 41.6 Å². The molecule has 3 atom stereocenters. The van der Waals surface area contributed by atoms with E-state index in [0.717, 1.165) is 25.9 Å². The summed E-state index contributed by atoms with van der Waals surface area (Å²) in [7, 11) is 0. The van der Waals surface area contributed by atoms with Crippen LogP contribution >= 0.6 is 11.3 Å². The molecule has 0 spiro atoms. The van der Waals surface area contributed by atoms with Crippen molar-refractivity contribution >= 4 is 17.2 Å². The number of nitrogens with zero attached hydrogens (tertiary/aromatic N) is 1. The van der Waals surface area contributed by atoms with Gasteiger partial charge in [0.05, 0.1) is 11.6 Å². The number of carbonyl (C=O) groups excluding carboxylic acids is 1. The van der Waals surface area contributed by atoms with E-state index in [1.165, 1.54) is 12.0 Å². The predicted molar refractivity (Wildman–Crippen MR) is 84.2 cm³/mol. The molecule has 3 unspecified atom stereocenters. The van der Waals surface area contributed by atoms with E-state index in [4.69, 9.17) is 4.74 Å². The predicted octanol–water partition coefficient (Wildman–Crippen LogP) is 2.92. The molecule has 2 aliphatic rings. The van der Waals surface area contributed by atoms with Gasteiger partial charge in [-0.3, -0.25) is 10.1 Å². The molecular formula is C16H24N2O2S. The van der Waals surface area contributed by atoms with Crippen molar-refractivity contribution in [3.63, 3.8) is 0 Å². The maximum Gasteiger partial charge on any atom is 0.244 e. The van der Waals surface area contributed by atoms with Gasteiger partial charge in [0.1, 0.15) is 6.17 Å². The molecule has 1 amide bonds. The number of hydrogen-bond donors (Lipinski definition) is 1. The van der Waals surface area contributed by atoms with Crippen molar-refractivity contribution in [1.82, 2.24) is 10.2 Å². The lowest BCUT2D eigenvalue weighted by Gasteiger charge is -2.30. The van der Waals surface area contributed by atoms with E-state index in [0.29, 0.717) is 6.54 Å². The Morgan fingerprint density at radius 2 is 2.38 bits per heavy atom. The van der Waals surface area contributed by atoms with Crippen molar-refractivity contribution in [3.05, 3.63) is 22.4 Å². The average Bonchev–Trinajstić information content (AvgIpc) is 3.11. The zero-order valence-corrected chi connectivity index (χ0v) is 13.6. The van der Waals surface area contributed by atoms with E-state index < -0.39 is 5.54 Å². The molecule has 0 aliphatic carbocycles. The Hall–Kier alpha value is -0.910. The van der Waals surface area contributed by atoms with Gasteiger partial charge < -0.3 is 9.64 Å². The van der Waals surface area contributed by atoms with Crippen LogP contribution in [0.4, 0.5) is 0 Å². The van der Waals surface area contributed by atoms with Gasteiger partial charge in [0, 0.05) is 13.2 Å². The zero-order valence-electron chi connectivity index (χ0n) is 12.8. The lowest BCUT2D eigenvalue weighted by molar-refractivity contribution is -0.135. The molecule has 2 fully saturated rings. The number of rotatable bonds is 4. The number of hydrogen-bond acceptors (Lipinski definition) is 4. The molecule has 3 rings (SSSR count). The minimum atomic E-state index is -0.457.